The van der Waals surface area contributed by atoms with Gasteiger partial charge < -0.3 is 14.7 Å². The molecular weight excluding hydrogens is 607 g/mol. The number of amides is 3. The summed E-state index contributed by atoms with van der Waals surface area (Å²) in [5.41, 5.74) is -4.63. The molecule has 0 radical (unpaired) electrons. The van der Waals surface area contributed by atoms with Gasteiger partial charge in [0, 0.05) is 58.0 Å². The molecule has 4 rings (SSSR count). The van der Waals surface area contributed by atoms with Crippen LogP contribution in [0.1, 0.15) is 68.2 Å². The molecule has 2 aromatic carbocycles. The molecule has 2 heterocycles. The zero-order chi connectivity index (χ0) is 33.5. The third-order valence-corrected chi connectivity index (χ3v) is 9.14. The number of hydrogen-bond acceptors (Lipinski definition) is 3. The van der Waals surface area contributed by atoms with Crippen LogP contribution >= 0.6 is 0 Å². The Kier molecular flexibility index (Phi) is 9.61. The van der Waals surface area contributed by atoms with Gasteiger partial charge in [-0.15, -0.1) is 0 Å². The summed E-state index contributed by atoms with van der Waals surface area (Å²) in [4.78, 5) is 43.9. The second-order valence-corrected chi connectivity index (χ2v) is 12.4. The molecule has 0 N–H and O–H groups in total. The first-order valence-corrected chi connectivity index (χ1v) is 14.7. The Hall–Kier alpha value is -3.64. The van der Waals surface area contributed by atoms with E-state index in [-0.39, 0.29) is 43.3 Å². The molecule has 0 bridgehead atoms. The van der Waals surface area contributed by atoms with E-state index >= 15 is 0 Å². The molecule has 6 nitrogen and oxygen atoms in total. The number of piperidine rings is 2. The third-order valence-electron chi connectivity index (χ3n) is 9.14. The maximum atomic E-state index is 14.0. The van der Waals surface area contributed by atoms with Crippen LogP contribution in [0.4, 0.5) is 30.7 Å². The van der Waals surface area contributed by atoms with Crippen molar-refractivity contribution in [3.8, 4) is 0 Å². The van der Waals surface area contributed by atoms with Crippen LogP contribution in [0.15, 0.2) is 42.5 Å². The summed E-state index contributed by atoms with van der Waals surface area (Å²) < 4.78 is 95.4. The summed E-state index contributed by atoms with van der Waals surface area (Å²) in [6, 6.07) is 6.13. The number of nitrogens with zero attached hydrogens (tertiary/aromatic N) is 3. The Labute approximate surface area is 257 Å². The van der Waals surface area contributed by atoms with E-state index in [9.17, 15) is 45.1 Å². The van der Waals surface area contributed by atoms with Crippen LogP contribution < -0.4 is 0 Å². The smallest absolute Gasteiger partial charge is 0.343 e. The maximum absolute atomic E-state index is 14.0. The Morgan fingerprint density at radius 2 is 1.27 bits per heavy atom. The highest BCUT2D eigenvalue weighted by Crippen LogP contribution is 2.41. The van der Waals surface area contributed by atoms with Crippen molar-refractivity contribution < 1.29 is 45.1 Å². The number of carbonyl (C=O) groups is 3. The van der Waals surface area contributed by atoms with Crippen molar-refractivity contribution >= 4 is 17.7 Å². The van der Waals surface area contributed by atoms with Crippen LogP contribution in [-0.2, 0) is 32.2 Å². The van der Waals surface area contributed by atoms with E-state index in [4.69, 9.17) is 0 Å². The molecule has 3 amide bonds. The molecule has 246 valence electrons. The number of benzene rings is 2. The lowest BCUT2D eigenvalue weighted by atomic mass is 9.79. The molecule has 13 heteroatoms. The predicted octanol–water partition coefficient (Wildman–Crippen LogP) is 6.24. The highest BCUT2D eigenvalue weighted by atomic mass is 19.4. The zero-order valence-corrected chi connectivity index (χ0v) is 25.4. The van der Waals surface area contributed by atoms with Crippen molar-refractivity contribution in [3.05, 3.63) is 70.5 Å². The van der Waals surface area contributed by atoms with Crippen molar-refractivity contribution in [1.82, 2.24) is 14.7 Å². The van der Waals surface area contributed by atoms with Gasteiger partial charge in [0.15, 0.2) is 0 Å². The number of rotatable bonds is 5. The van der Waals surface area contributed by atoms with Crippen molar-refractivity contribution in [1.29, 1.82) is 0 Å². The van der Waals surface area contributed by atoms with Gasteiger partial charge in [0.25, 0.3) is 0 Å². The maximum Gasteiger partial charge on any atom is 0.416 e. The second kappa shape index (κ2) is 12.6. The van der Waals surface area contributed by atoms with Crippen molar-refractivity contribution in [3.63, 3.8) is 0 Å². The lowest BCUT2D eigenvalue weighted by Crippen LogP contribution is -2.55. The number of halogens is 7. The first-order chi connectivity index (χ1) is 20.8. The van der Waals surface area contributed by atoms with E-state index in [1.807, 2.05) is 0 Å². The first kappa shape index (κ1) is 34.2. The Morgan fingerprint density at radius 3 is 1.76 bits per heavy atom. The summed E-state index contributed by atoms with van der Waals surface area (Å²) >= 11 is 0. The standard InChI is InChI=1S/C32H36F7N3O3/c1-19(43)41-12-9-21(10-13-41)28(44)42-14-11-27(26(18-42)20-5-7-25(33)8-6-20)40(4)29(45)30(2,3)22-15-23(31(34,35)36)17-24(16-22)32(37,38)39/h5-8,15-17,21,26-27H,9-14,18H2,1-4H3/t26-,27+/m1/s1. The minimum atomic E-state index is -5.07. The molecule has 0 saturated carbocycles. The highest BCUT2D eigenvalue weighted by molar-refractivity contribution is 5.88. The van der Waals surface area contributed by atoms with Crippen LogP contribution in [0.5, 0.6) is 0 Å². The zero-order valence-electron chi connectivity index (χ0n) is 25.4. The van der Waals surface area contributed by atoms with Gasteiger partial charge in [0.1, 0.15) is 5.82 Å². The average Bonchev–Trinajstić information content (AvgIpc) is 2.99. The molecule has 0 unspecified atom stereocenters. The second-order valence-electron chi connectivity index (χ2n) is 12.4. The molecule has 45 heavy (non-hydrogen) atoms. The van der Waals surface area contributed by atoms with Crippen LogP contribution in [0.25, 0.3) is 0 Å². The van der Waals surface area contributed by atoms with Crippen LogP contribution in [0.3, 0.4) is 0 Å². The molecule has 0 spiro atoms. The van der Waals surface area contributed by atoms with Crippen LogP contribution in [0.2, 0.25) is 0 Å². The first-order valence-electron chi connectivity index (χ1n) is 14.7. The molecule has 0 aliphatic carbocycles. The number of likely N-dealkylation sites (N-methyl/N-ethyl adjacent to an activating group) is 1. The van der Waals surface area contributed by atoms with Crippen molar-refractivity contribution in [2.45, 2.75) is 69.8 Å². The molecule has 2 saturated heterocycles. The normalized spacial score (nSPS) is 20.2. The van der Waals surface area contributed by atoms with Crippen molar-refractivity contribution in [2.75, 3.05) is 33.2 Å². The van der Waals surface area contributed by atoms with Gasteiger partial charge in [-0.3, -0.25) is 14.4 Å². The fourth-order valence-corrected chi connectivity index (χ4v) is 6.37. The monoisotopic (exact) mass is 643 g/mol. The number of alkyl halides is 6. The SMILES string of the molecule is CC(=O)N1CCC(C(=O)N2CC[C@H](N(C)C(=O)C(C)(C)c3cc(C(F)(F)F)cc(C(F)(F)F)c3)[C@@H](c3ccc(F)cc3)C2)CC1. The molecular formula is C32H36F7N3O3. The van der Waals surface area contributed by atoms with Gasteiger partial charge in [-0.2, -0.15) is 26.3 Å². The van der Waals surface area contributed by atoms with E-state index in [1.165, 1.54) is 57.0 Å². The molecule has 2 aliphatic rings. The van der Waals surface area contributed by atoms with Crippen LogP contribution in [-0.4, -0.2) is 71.7 Å². The average molecular weight is 644 g/mol. The fraction of sp³-hybridized carbons (Fsp3) is 0.531. The third kappa shape index (κ3) is 7.44. The quantitative estimate of drug-likeness (QED) is 0.363. The number of likely N-dealkylation sites (tertiary alicyclic amines) is 2. The largest absolute Gasteiger partial charge is 0.416 e. The topological polar surface area (TPSA) is 60.9 Å². The predicted molar refractivity (Wildman–Crippen MR) is 151 cm³/mol. The number of carbonyl (C=O) groups excluding carboxylic acids is 3. The fourth-order valence-electron chi connectivity index (χ4n) is 6.37. The molecule has 2 aromatic rings. The summed E-state index contributed by atoms with van der Waals surface area (Å²) in [6.45, 7) is 5.38. The number of hydrogen-bond donors (Lipinski definition) is 0. The van der Waals surface area contributed by atoms with E-state index in [0.717, 1.165) is 0 Å². The van der Waals surface area contributed by atoms with Gasteiger partial charge >= 0.3 is 12.4 Å². The Morgan fingerprint density at radius 1 is 0.778 bits per heavy atom. The van der Waals surface area contributed by atoms with Gasteiger partial charge in [0.2, 0.25) is 17.7 Å². The summed E-state index contributed by atoms with van der Waals surface area (Å²) in [5, 5.41) is 0. The van der Waals surface area contributed by atoms with E-state index in [0.29, 0.717) is 43.6 Å². The lowest BCUT2D eigenvalue weighted by molar-refractivity contribution is -0.145. The van der Waals surface area contributed by atoms with E-state index in [1.54, 1.807) is 9.80 Å². The molecule has 2 atom stereocenters. The van der Waals surface area contributed by atoms with E-state index < -0.39 is 58.1 Å². The minimum absolute atomic E-state index is 0.0228. The van der Waals surface area contributed by atoms with Crippen molar-refractivity contribution in [2.24, 2.45) is 5.92 Å². The minimum Gasteiger partial charge on any atom is -0.343 e. The highest BCUT2D eigenvalue weighted by Gasteiger charge is 2.44. The summed E-state index contributed by atoms with van der Waals surface area (Å²) in [6.07, 6.45) is -8.87. The summed E-state index contributed by atoms with van der Waals surface area (Å²) in [7, 11) is 1.44. The van der Waals surface area contributed by atoms with Gasteiger partial charge in [-0.05, 0) is 74.6 Å². The van der Waals surface area contributed by atoms with Gasteiger partial charge in [-0.25, -0.2) is 4.39 Å². The Bertz CT molecular complexity index is 1380. The Balaban J connectivity index is 1.62. The lowest BCUT2D eigenvalue weighted by Gasteiger charge is -2.46. The summed E-state index contributed by atoms with van der Waals surface area (Å²) in [5.74, 6) is -2.17. The van der Waals surface area contributed by atoms with Gasteiger partial charge in [-0.1, -0.05) is 12.1 Å². The molecule has 2 fully saturated rings. The molecule has 0 aromatic heterocycles. The van der Waals surface area contributed by atoms with E-state index in [2.05, 4.69) is 0 Å². The molecule has 2 aliphatic heterocycles. The van der Waals surface area contributed by atoms with Crippen LogP contribution in [0, 0.1) is 11.7 Å². The van der Waals surface area contributed by atoms with Gasteiger partial charge in [0.05, 0.1) is 16.5 Å².